The highest BCUT2D eigenvalue weighted by molar-refractivity contribution is 6.32. The average Bonchev–Trinajstić information content (AvgIpc) is 2.26. The minimum atomic E-state index is 0.316. The van der Waals surface area contributed by atoms with Gasteiger partial charge in [-0.1, -0.05) is 18.5 Å². The highest BCUT2D eigenvalue weighted by atomic mass is 35.5. The fraction of sp³-hybridized carbons (Fsp3) is 0.364. The van der Waals surface area contributed by atoms with Gasteiger partial charge in [0.2, 0.25) is 6.08 Å². The van der Waals surface area contributed by atoms with Crippen LogP contribution in [-0.4, -0.2) is 13.2 Å². The quantitative estimate of drug-likeness (QED) is 0.584. The number of nitrogens with zero attached hydrogens (tertiary/aromatic N) is 1. The van der Waals surface area contributed by atoms with Gasteiger partial charge in [0.25, 0.3) is 0 Å². The summed E-state index contributed by atoms with van der Waals surface area (Å²) >= 11 is 5.97. The Balaban J connectivity index is 3.14. The molecule has 1 rings (SSSR count). The minimum Gasteiger partial charge on any atom is -0.495 e. The molecule has 0 aliphatic heterocycles. The van der Waals surface area contributed by atoms with E-state index in [-0.39, 0.29) is 0 Å². The Hall–Kier alpha value is -1.31. The van der Waals surface area contributed by atoms with Crippen LogP contribution in [0, 0.1) is 0 Å². The Labute approximate surface area is 93.7 Å². The van der Waals surface area contributed by atoms with Crippen molar-refractivity contribution in [2.75, 3.05) is 7.11 Å². The molecule has 0 fully saturated rings. The van der Waals surface area contributed by atoms with Gasteiger partial charge in [-0.15, -0.1) is 0 Å². The molecule has 0 N–H and O–H groups in total. The summed E-state index contributed by atoms with van der Waals surface area (Å²) in [5.74, 6) is 0.646. The molecule has 0 aliphatic rings. The van der Waals surface area contributed by atoms with Gasteiger partial charge >= 0.3 is 0 Å². The maximum atomic E-state index is 10.0. The van der Waals surface area contributed by atoms with Crippen molar-refractivity contribution in [3.8, 4) is 5.75 Å². The molecule has 0 amide bonds. The highest BCUT2D eigenvalue weighted by Crippen LogP contribution is 2.28. The largest absolute Gasteiger partial charge is 0.495 e. The molecule has 1 aromatic rings. The number of carbonyl (C=O) groups excluding carboxylic acids is 1. The van der Waals surface area contributed by atoms with E-state index in [1.54, 1.807) is 13.2 Å². The van der Waals surface area contributed by atoms with Crippen LogP contribution in [0.5, 0.6) is 5.75 Å². The van der Waals surface area contributed by atoms with Crippen LogP contribution in [0.4, 0.5) is 0 Å². The van der Waals surface area contributed by atoms with E-state index in [9.17, 15) is 4.79 Å². The van der Waals surface area contributed by atoms with E-state index in [1.807, 2.05) is 13.0 Å². The Morgan fingerprint density at radius 1 is 1.47 bits per heavy atom. The summed E-state index contributed by atoms with van der Waals surface area (Å²) < 4.78 is 5.11. The maximum Gasteiger partial charge on any atom is 0.235 e. The number of isocyanates is 1. The molecule has 1 aromatic carbocycles. The van der Waals surface area contributed by atoms with Crippen molar-refractivity contribution < 1.29 is 9.53 Å². The van der Waals surface area contributed by atoms with Gasteiger partial charge in [0.1, 0.15) is 5.75 Å². The zero-order chi connectivity index (χ0) is 11.3. The van der Waals surface area contributed by atoms with Crippen LogP contribution in [0.15, 0.2) is 17.1 Å². The predicted molar refractivity (Wildman–Crippen MR) is 59.2 cm³/mol. The first-order valence-corrected chi connectivity index (χ1v) is 4.99. The summed E-state index contributed by atoms with van der Waals surface area (Å²) in [6.45, 7) is 2.34. The van der Waals surface area contributed by atoms with Crippen molar-refractivity contribution in [2.24, 2.45) is 4.99 Å². The minimum absolute atomic E-state index is 0.316. The van der Waals surface area contributed by atoms with Gasteiger partial charge in [-0.2, -0.15) is 0 Å². The van der Waals surface area contributed by atoms with Crippen molar-refractivity contribution >= 4 is 17.7 Å². The van der Waals surface area contributed by atoms with Crippen LogP contribution < -0.4 is 4.74 Å². The molecule has 0 spiro atoms. The van der Waals surface area contributed by atoms with Gasteiger partial charge in [0.15, 0.2) is 0 Å². The topological polar surface area (TPSA) is 38.7 Å². The lowest BCUT2D eigenvalue weighted by atomic mass is 10.0. The molecule has 0 saturated heterocycles. The second-order valence-corrected chi connectivity index (χ2v) is 3.42. The number of hydrogen-bond acceptors (Lipinski definition) is 3. The molecule has 0 unspecified atom stereocenters. The molecule has 0 aromatic heterocycles. The molecule has 0 aliphatic carbocycles. The molecule has 15 heavy (non-hydrogen) atoms. The van der Waals surface area contributed by atoms with Crippen molar-refractivity contribution in [2.45, 2.75) is 19.9 Å². The Morgan fingerprint density at radius 2 is 2.20 bits per heavy atom. The van der Waals surface area contributed by atoms with Gasteiger partial charge in [-0.05, 0) is 29.7 Å². The van der Waals surface area contributed by atoms with Crippen molar-refractivity contribution in [1.82, 2.24) is 0 Å². The van der Waals surface area contributed by atoms with Gasteiger partial charge in [0, 0.05) is 0 Å². The Bertz CT molecular complexity index is 398. The van der Waals surface area contributed by atoms with Gasteiger partial charge in [0.05, 0.1) is 18.7 Å². The van der Waals surface area contributed by atoms with E-state index in [0.29, 0.717) is 17.3 Å². The van der Waals surface area contributed by atoms with Gasteiger partial charge in [-0.25, -0.2) is 9.79 Å². The molecule has 0 radical (unpaired) electrons. The van der Waals surface area contributed by atoms with E-state index < -0.39 is 0 Å². The second kappa shape index (κ2) is 5.54. The maximum absolute atomic E-state index is 10.0. The lowest BCUT2D eigenvalue weighted by Gasteiger charge is -2.09. The van der Waals surface area contributed by atoms with E-state index in [1.165, 1.54) is 6.08 Å². The molecule has 3 nitrogen and oxygen atoms in total. The molecule has 4 heteroatoms. The number of aryl methyl sites for hydroxylation is 1. The lowest BCUT2D eigenvalue weighted by molar-refractivity contribution is 0.414. The van der Waals surface area contributed by atoms with Crippen LogP contribution in [0.1, 0.15) is 18.1 Å². The van der Waals surface area contributed by atoms with Crippen LogP contribution in [-0.2, 0) is 17.8 Å². The zero-order valence-electron chi connectivity index (χ0n) is 8.71. The van der Waals surface area contributed by atoms with Crippen LogP contribution in [0.2, 0.25) is 5.02 Å². The molecule has 80 valence electrons. The third kappa shape index (κ3) is 2.82. The third-order valence-corrected chi connectivity index (χ3v) is 2.46. The Morgan fingerprint density at radius 3 is 2.73 bits per heavy atom. The molecule has 0 heterocycles. The first-order chi connectivity index (χ1) is 7.22. The summed E-state index contributed by atoms with van der Waals surface area (Å²) in [7, 11) is 1.57. The summed E-state index contributed by atoms with van der Waals surface area (Å²) in [5.41, 5.74) is 2.02. The number of methoxy groups -OCH3 is 1. The van der Waals surface area contributed by atoms with Crippen LogP contribution in [0.25, 0.3) is 0 Å². The van der Waals surface area contributed by atoms with E-state index >= 15 is 0 Å². The van der Waals surface area contributed by atoms with Gasteiger partial charge < -0.3 is 4.74 Å². The number of rotatable bonds is 4. The predicted octanol–water partition coefficient (Wildman–Crippen LogP) is 2.75. The average molecular weight is 226 g/mol. The monoisotopic (exact) mass is 225 g/mol. The summed E-state index contributed by atoms with van der Waals surface area (Å²) in [4.78, 5) is 13.6. The first kappa shape index (κ1) is 11.8. The number of aliphatic imine (C=N–C) groups is 1. The first-order valence-electron chi connectivity index (χ1n) is 4.61. The van der Waals surface area contributed by atoms with E-state index in [4.69, 9.17) is 16.3 Å². The normalized spacial score (nSPS) is 9.53. The number of halogens is 1. The van der Waals surface area contributed by atoms with E-state index in [0.717, 1.165) is 17.5 Å². The van der Waals surface area contributed by atoms with Crippen molar-refractivity contribution in [3.63, 3.8) is 0 Å². The van der Waals surface area contributed by atoms with Crippen LogP contribution >= 0.6 is 11.6 Å². The number of ether oxygens (including phenoxy) is 1. The van der Waals surface area contributed by atoms with Crippen LogP contribution in [0.3, 0.4) is 0 Å². The molecule has 0 bridgehead atoms. The van der Waals surface area contributed by atoms with Gasteiger partial charge in [-0.3, -0.25) is 0 Å². The summed E-state index contributed by atoms with van der Waals surface area (Å²) in [6, 6.07) is 3.65. The highest BCUT2D eigenvalue weighted by Gasteiger charge is 2.07. The van der Waals surface area contributed by atoms with Crippen molar-refractivity contribution in [3.05, 3.63) is 28.3 Å². The molecule has 0 saturated carbocycles. The Kier molecular flexibility index (Phi) is 4.35. The molecular weight excluding hydrogens is 214 g/mol. The van der Waals surface area contributed by atoms with Crippen molar-refractivity contribution in [1.29, 1.82) is 0 Å². The summed E-state index contributed by atoms with van der Waals surface area (Å²) in [5, 5.41) is 0.533. The smallest absolute Gasteiger partial charge is 0.235 e. The third-order valence-electron chi connectivity index (χ3n) is 2.17. The molecule has 0 atom stereocenters. The summed E-state index contributed by atoms with van der Waals surface area (Å²) in [6.07, 6.45) is 2.36. The molecular formula is C11H12ClNO2. The zero-order valence-corrected chi connectivity index (χ0v) is 9.47. The number of hydrogen-bond donors (Lipinski definition) is 0. The fourth-order valence-electron chi connectivity index (χ4n) is 1.39. The lowest BCUT2D eigenvalue weighted by Crippen LogP contribution is -1.94. The van der Waals surface area contributed by atoms with E-state index in [2.05, 4.69) is 4.99 Å². The SMILES string of the molecule is CCc1cc(OC)c(Cl)cc1CN=C=O. The fourth-order valence-corrected chi connectivity index (χ4v) is 1.65. The number of benzene rings is 1. The second-order valence-electron chi connectivity index (χ2n) is 3.02. The standard InChI is InChI=1S/C11H12ClNO2/c1-3-8-5-11(15-2)10(12)4-9(8)6-13-7-14/h4-5H,3,6H2,1-2H3.